The van der Waals surface area contributed by atoms with Gasteiger partial charge in [0, 0.05) is 18.6 Å². The van der Waals surface area contributed by atoms with E-state index in [0.717, 1.165) is 19.3 Å². The molecule has 37 heavy (non-hydrogen) atoms. The molecule has 0 aliphatic carbocycles. The first-order valence-corrected chi connectivity index (χ1v) is 14.4. The number of carbonyl (C=O) groups is 2. The standard InChI is InChI=1S/C27H44Cl2N2O6/c1-2-3-4-5-6-7-8-9-10-11-12-13-14-15-24(32)37-20-23(30-27(34)26(28)29)25(33)21-16-18-22(19-17-21)31(35)36/h16-19,23,25-26,31,33,35H,2-15,20H2,1H3,(H,30,34). The van der Waals surface area contributed by atoms with E-state index in [0.29, 0.717) is 5.56 Å². The van der Waals surface area contributed by atoms with E-state index < -0.39 is 34.1 Å². The molecule has 0 aliphatic rings. The van der Waals surface area contributed by atoms with Gasteiger partial charge in [-0.05, 0) is 12.0 Å². The number of hydrogen-bond acceptors (Lipinski definition) is 6. The summed E-state index contributed by atoms with van der Waals surface area (Å²) >= 11 is 11.2. The van der Waals surface area contributed by atoms with Gasteiger partial charge in [-0.1, -0.05) is 119 Å². The molecule has 0 spiro atoms. The maximum absolute atomic E-state index is 12.2. The van der Waals surface area contributed by atoms with Crippen LogP contribution in [-0.2, 0) is 14.3 Å². The molecule has 3 unspecified atom stereocenters. The Bertz CT molecular complexity index is 749. The van der Waals surface area contributed by atoms with Crippen molar-refractivity contribution in [3.05, 3.63) is 35.0 Å². The molecule has 1 aromatic carbocycles. The number of aliphatic hydroxyl groups excluding tert-OH is 1. The molecule has 0 fully saturated rings. The van der Waals surface area contributed by atoms with E-state index in [1.54, 1.807) is 0 Å². The Balaban J connectivity index is 2.31. The Labute approximate surface area is 231 Å². The number of carbonyl (C=O) groups excluding carboxylic acids is 2. The van der Waals surface area contributed by atoms with E-state index in [4.69, 9.17) is 33.1 Å². The molecular weight excluding hydrogens is 519 g/mol. The highest BCUT2D eigenvalue weighted by molar-refractivity contribution is 6.53. The number of benzene rings is 1. The summed E-state index contributed by atoms with van der Waals surface area (Å²) in [5, 5.41) is 32.2. The van der Waals surface area contributed by atoms with Crippen molar-refractivity contribution in [2.24, 2.45) is 0 Å². The lowest BCUT2D eigenvalue weighted by atomic mass is 10.0. The van der Waals surface area contributed by atoms with Crippen LogP contribution in [-0.4, -0.2) is 39.7 Å². The SMILES string of the molecule is CCCCCCCCCCCCCCCC(=O)OCC(NC(=O)C(Cl)Cl)C(O)c1ccc([NH+]([O-])O)cc1. The smallest absolute Gasteiger partial charge is 0.305 e. The minimum Gasteiger partial charge on any atom is -0.595 e. The minimum absolute atomic E-state index is 0.0577. The largest absolute Gasteiger partial charge is 0.595 e. The zero-order valence-corrected chi connectivity index (χ0v) is 23.4. The van der Waals surface area contributed by atoms with Gasteiger partial charge in [0.05, 0.1) is 6.04 Å². The molecule has 1 aromatic rings. The third-order valence-corrected chi connectivity index (χ3v) is 6.71. The van der Waals surface area contributed by atoms with Crippen molar-refractivity contribution in [1.82, 2.24) is 5.32 Å². The lowest BCUT2D eigenvalue weighted by Crippen LogP contribution is -2.99. The summed E-state index contributed by atoms with van der Waals surface area (Å²) < 4.78 is 5.30. The highest BCUT2D eigenvalue weighted by atomic mass is 35.5. The molecule has 0 saturated carbocycles. The van der Waals surface area contributed by atoms with Crippen LogP contribution in [0, 0.1) is 5.21 Å². The van der Waals surface area contributed by atoms with Gasteiger partial charge in [0.2, 0.25) is 0 Å². The number of amides is 1. The van der Waals surface area contributed by atoms with Crippen LogP contribution in [0.15, 0.2) is 24.3 Å². The topological polar surface area (TPSA) is 123 Å². The highest BCUT2D eigenvalue weighted by Crippen LogP contribution is 2.20. The van der Waals surface area contributed by atoms with Crippen molar-refractivity contribution in [3.8, 4) is 0 Å². The van der Waals surface area contributed by atoms with Crippen LogP contribution < -0.4 is 10.5 Å². The average molecular weight is 564 g/mol. The Morgan fingerprint density at radius 2 is 1.41 bits per heavy atom. The highest BCUT2D eigenvalue weighted by Gasteiger charge is 2.27. The van der Waals surface area contributed by atoms with Gasteiger partial charge in [-0.2, -0.15) is 5.23 Å². The first kappa shape index (κ1) is 33.6. The van der Waals surface area contributed by atoms with Crippen LogP contribution in [0.25, 0.3) is 0 Å². The molecular formula is C27H44Cl2N2O6. The normalized spacial score (nSPS) is 13.8. The lowest BCUT2D eigenvalue weighted by molar-refractivity contribution is -0.991. The summed E-state index contributed by atoms with van der Waals surface area (Å²) in [4.78, 5) is 22.8. The van der Waals surface area contributed by atoms with Crippen molar-refractivity contribution >= 4 is 40.8 Å². The Kier molecular flexibility index (Phi) is 18.6. The maximum atomic E-state index is 12.2. The molecule has 212 valence electrons. The van der Waals surface area contributed by atoms with E-state index in [9.17, 15) is 19.9 Å². The molecule has 0 radical (unpaired) electrons. The van der Waals surface area contributed by atoms with Crippen molar-refractivity contribution < 1.29 is 29.9 Å². The van der Waals surface area contributed by atoms with Gasteiger partial charge < -0.3 is 20.4 Å². The number of esters is 1. The van der Waals surface area contributed by atoms with Crippen LogP contribution in [0.5, 0.6) is 0 Å². The van der Waals surface area contributed by atoms with E-state index in [2.05, 4.69) is 12.2 Å². The first-order chi connectivity index (χ1) is 17.8. The van der Waals surface area contributed by atoms with Crippen molar-refractivity contribution in [3.63, 3.8) is 0 Å². The first-order valence-electron chi connectivity index (χ1n) is 13.5. The molecule has 0 aromatic heterocycles. The Morgan fingerprint density at radius 3 is 1.86 bits per heavy atom. The monoisotopic (exact) mass is 562 g/mol. The van der Waals surface area contributed by atoms with Crippen LogP contribution in [0.1, 0.15) is 108 Å². The summed E-state index contributed by atoms with van der Waals surface area (Å²) in [7, 11) is 0. The molecule has 8 nitrogen and oxygen atoms in total. The average Bonchev–Trinajstić information content (AvgIpc) is 2.88. The molecule has 1 rings (SSSR count). The van der Waals surface area contributed by atoms with Gasteiger partial charge >= 0.3 is 5.97 Å². The molecule has 0 aliphatic heterocycles. The number of ether oxygens (including phenoxy) is 1. The number of rotatable bonds is 21. The number of quaternary nitrogens is 1. The van der Waals surface area contributed by atoms with Gasteiger partial charge in [0.25, 0.3) is 5.91 Å². The van der Waals surface area contributed by atoms with Crippen LogP contribution in [0.2, 0.25) is 0 Å². The zero-order valence-electron chi connectivity index (χ0n) is 21.9. The third-order valence-electron chi connectivity index (χ3n) is 6.31. The number of unbranched alkanes of at least 4 members (excludes halogenated alkanes) is 12. The number of alkyl halides is 2. The van der Waals surface area contributed by atoms with Gasteiger partial charge in [-0.15, -0.1) is 0 Å². The molecule has 3 atom stereocenters. The fourth-order valence-corrected chi connectivity index (χ4v) is 4.18. The fraction of sp³-hybridized carbons (Fsp3) is 0.704. The van der Waals surface area contributed by atoms with Gasteiger partial charge in [0.15, 0.2) is 10.5 Å². The summed E-state index contributed by atoms with van der Waals surface area (Å²) in [5.41, 5.74) is 0.408. The summed E-state index contributed by atoms with van der Waals surface area (Å²) in [6, 6.07) is 4.54. The number of halogens is 2. The fourth-order valence-electron chi connectivity index (χ4n) is 4.05. The van der Waals surface area contributed by atoms with Crippen LogP contribution in [0.3, 0.4) is 0 Å². The molecule has 0 saturated heterocycles. The number of hydrogen-bond donors (Lipinski definition) is 4. The van der Waals surface area contributed by atoms with E-state index in [-0.39, 0.29) is 18.7 Å². The molecule has 4 N–H and O–H groups in total. The summed E-state index contributed by atoms with van der Waals surface area (Å²) in [6.45, 7) is 1.96. The zero-order chi connectivity index (χ0) is 27.5. The third kappa shape index (κ3) is 15.6. The Hall–Kier alpha value is -1.42. The summed E-state index contributed by atoms with van der Waals surface area (Å²) in [5.74, 6) is -1.15. The second-order valence-electron chi connectivity index (χ2n) is 9.46. The quantitative estimate of drug-likeness (QED) is 0.0684. The molecule has 0 bridgehead atoms. The predicted molar refractivity (Wildman–Crippen MR) is 146 cm³/mol. The van der Waals surface area contributed by atoms with Crippen molar-refractivity contribution in [1.29, 1.82) is 0 Å². The van der Waals surface area contributed by atoms with E-state index in [1.807, 2.05) is 0 Å². The lowest BCUT2D eigenvalue weighted by Gasteiger charge is -2.25. The van der Waals surface area contributed by atoms with Crippen molar-refractivity contribution in [2.45, 2.75) is 114 Å². The second kappa shape index (κ2) is 20.5. The minimum atomic E-state index is -1.36. The molecule has 1 amide bonds. The Morgan fingerprint density at radius 1 is 0.919 bits per heavy atom. The number of aliphatic hydroxyl groups is 1. The number of nitrogens with one attached hydrogen (secondary N) is 2. The van der Waals surface area contributed by atoms with E-state index >= 15 is 0 Å². The predicted octanol–water partition coefficient (Wildman–Crippen LogP) is 5.44. The van der Waals surface area contributed by atoms with Crippen LogP contribution in [0.4, 0.5) is 5.69 Å². The second-order valence-corrected chi connectivity index (χ2v) is 10.6. The molecule has 0 heterocycles. The summed E-state index contributed by atoms with van der Waals surface area (Å²) in [6.07, 6.45) is 14.8. The van der Waals surface area contributed by atoms with Crippen LogP contribution >= 0.6 is 23.2 Å². The van der Waals surface area contributed by atoms with E-state index in [1.165, 1.54) is 88.5 Å². The molecule has 10 heteroatoms. The van der Waals surface area contributed by atoms with Crippen molar-refractivity contribution in [2.75, 3.05) is 6.61 Å². The van der Waals surface area contributed by atoms with Gasteiger partial charge in [-0.3, -0.25) is 9.59 Å². The maximum Gasteiger partial charge on any atom is 0.305 e. The van der Waals surface area contributed by atoms with Gasteiger partial charge in [0.1, 0.15) is 12.7 Å². The van der Waals surface area contributed by atoms with Gasteiger partial charge in [-0.25, -0.2) is 5.21 Å².